The Balaban J connectivity index is 2.01. The number of carbonyl (C=O) groups is 1. The highest BCUT2D eigenvalue weighted by Gasteiger charge is 2.15. The molecular formula is C15H21NO4. The van der Waals surface area contributed by atoms with E-state index in [2.05, 4.69) is 5.32 Å². The summed E-state index contributed by atoms with van der Waals surface area (Å²) in [7, 11) is 1.65. The molecule has 0 aliphatic carbocycles. The van der Waals surface area contributed by atoms with Crippen LogP contribution >= 0.6 is 0 Å². The van der Waals surface area contributed by atoms with Crippen LogP contribution in [-0.2, 0) is 4.74 Å². The number of benzene rings is 1. The summed E-state index contributed by atoms with van der Waals surface area (Å²) in [5.74, 6) is 1.23. The van der Waals surface area contributed by atoms with Crippen molar-refractivity contribution >= 4 is 5.91 Å². The van der Waals surface area contributed by atoms with Crippen LogP contribution in [0.3, 0.4) is 0 Å². The highest BCUT2D eigenvalue weighted by molar-refractivity contribution is 5.95. The largest absolute Gasteiger partial charge is 0.490 e. The Morgan fingerprint density at radius 3 is 2.85 bits per heavy atom. The number of amides is 1. The van der Waals surface area contributed by atoms with Crippen LogP contribution in [0.25, 0.3) is 0 Å². The van der Waals surface area contributed by atoms with E-state index in [0.717, 1.165) is 12.8 Å². The Kier molecular flexibility index (Phi) is 5.24. The van der Waals surface area contributed by atoms with Crippen LogP contribution in [0.15, 0.2) is 18.2 Å². The Labute approximate surface area is 119 Å². The molecule has 0 aromatic heterocycles. The Bertz CT molecular complexity index is 461. The van der Waals surface area contributed by atoms with Crippen LogP contribution in [0, 0.1) is 0 Å². The van der Waals surface area contributed by atoms with Crippen molar-refractivity contribution in [2.75, 3.05) is 26.9 Å². The van der Waals surface area contributed by atoms with E-state index < -0.39 is 0 Å². The molecule has 5 nitrogen and oxygen atoms in total. The van der Waals surface area contributed by atoms with E-state index in [4.69, 9.17) is 14.2 Å². The molecule has 1 aromatic rings. The van der Waals surface area contributed by atoms with Crippen molar-refractivity contribution in [2.45, 2.75) is 25.8 Å². The van der Waals surface area contributed by atoms with Crippen LogP contribution in [-0.4, -0.2) is 38.9 Å². The first kappa shape index (κ1) is 14.7. The molecule has 0 saturated heterocycles. The van der Waals surface area contributed by atoms with Gasteiger partial charge in [0.15, 0.2) is 11.5 Å². The lowest BCUT2D eigenvalue weighted by Gasteiger charge is -2.14. The quantitative estimate of drug-likeness (QED) is 0.895. The minimum absolute atomic E-state index is 0.0680. The van der Waals surface area contributed by atoms with Crippen molar-refractivity contribution in [3.63, 3.8) is 0 Å². The molecule has 1 atom stereocenters. The van der Waals surface area contributed by atoms with E-state index in [9.17, 15) is 4.79 Å². The topological polar surface area (TPSA) is 56.8 Å². The van der Waals surface area contributed by atoms with Crippen LogP contribution < -0.4 is 14.8 Å². The molecule has 2 rings (SSSR count). The van der Waals surface area contributed by atoms with Gasteiger partial charge in [-0.15, -0.1) is 0 Å². The van der Waals surface area contributed by atoms with Gasteiger partial charge in [0.05, 0.1) is 13.2 Å². The zero-order valence-corrected chi connectivity index (χ0v) is 12.0. The van der Waals surface area contributed by atoms with Crippen LogP contribution in [0.4, 0.5) is 0 Å². The smallest absolute Gasteiger partial charge is 0.251 e. The average molecular weight is 279 g/mol. The molecule has 0 spiro atoms. The molecule has 1 heterocycles. The van der Waals surface area contributed by atoms with E-state index in [1.54, 1.807) is 25.3 Å². The molecule has 1 aliphatic heterocycles. The molecule has 0 bridgehead atoms. The third kappa shape index (κ3) is 3.87. The number of methoxy groups -OCH3 is 1. The SMILES string of the molecule is COCC[C@@H](C)NC(=O)c1ccc2c(c1)OCCCO2. The van der Waals surface area contributed by atoms with Crippen molar-refractivity contribution in [1.29, 1.82) is 0 Å². The maximum absolute atomic E-state index is 12.1. The van der Waals surface area contributed by atoms with Crippen molar-refractivity contribution in [3.8, 4) is 11.5 Å². The molecule has 0 radical (unpaired) electrons. The predicted molar refractivity (Wildman–Crippen MR) is 75.5 cm³/mol. The highest BCUT2D eigenvalue weighted by atomic mass is 16.5. The molecule has 5 heteroatoms. The normalized spacial score (nSPS) is 15.3. The fourth-order valence-electron chi connectivity index (χ4n) is 1.98. The Morgan fingerprint density at radius 2 is 2.10 bits per heavy atom. The van der Waals surface area contributed by atoms with Crippen molar-refractivity contribution in [2.24, 2.45) is 0 Å². The number of fused-ring (bicyclic) bond motifs is 1. The first-order valence-corrected chi connectivity index (χ1v) is 6.90. The van der Waals surface area contributed by atoms with Gasteiger partial charge in [0.25, 0.3) is 5.91 Å². The highest BCUT2D eigenvalue weighted by Crippen LogP contribution is 2.30. The molecular weight excluding hydrogens is 258 g/mol. The number of carbonyl (C=O) groups excluding carboxylic acids is 1. The molecule has 20 heavy (non-hydrogen) atoms. The van der Waals surface area contributed by atoms with E-state index in [1.165, 1.54) is 0 Å². The summed E-state index contributed by atoms with van der Waals surface area (Å²) in [5.41, 5.74) is 0.582. The molecule has 1 amide bonds. The summed E-state index contributed by atoms with van der Waals surface area (Å²) in [6.45, 7) is 3.84. The zero-order valence-electron chi connectivity index (χ0n) is 12.0. The van der Waals surface area contributed by atoms with Crippen molar-refractivity contribution in [3.05, 3.63) is 23.8 Å². The lowest BCUT2D eigenvalue weighted by molar-refractivity contribution is 0.0929. The zero-order chi connectivity index (χ0) is 14.4. The summed E-state index contributed by atoms with van der Waals surface area (Å²) in [4.78, 5) is 12.1. The maximum Gasteiger partial charge on any atom is 0.251 e. The lowest BCUT2D eigenvalue weighted by atomic mass is 10.1. The Hall–Kier alpha value is -1.75. The number of hydrogen-bond acceptors (Lipinski definition) is 4. The average Bonchev–Trinajstić information content (AvgIpc) is 2.69. The van der Waals surface area contributed by atoms with Crippen LogP contribution in [0.5, 0.6) is 11.5 Å². The lowest BCUT2D eigenvalue weighted by Crippen LogP contribution is -2.33. The summed E-state index contributed by atoms with van der Waals surface area (Å²) < 4.78 is 16.1. The summed E-state index contributed by atoms with van der Waals surface area (Å²) in [6.07, 6.45) is 1.64. The van der Waals surface area contributed by atoms with Crippen LogP contribution in [0.1, 0.15) is 30.1 Å². The van der Waals surface area contributed by atoms with Crippen molar-refractivity contribution < 1.29 is 19.0 Å². The molecule has 1 aromatic carbocycles. The fraction of sp³-hybridized carbons (Fsp3) is 0.533. The van der Waals surface area contributed by atoms with Gasteiger partial charge < -0.3 is 19.5 Å². The first-order chi connectivity index (χ1) is 9.70. The number of nitrogens with one attached hydrogen (secondary N) is 1. The number of hydrogen-bond donors (Lipinski definition) is 1. The third-order valence-electron chi connectivity index (χ3n) is 3.14. The van der Waals surface area contributed by atoms with Gasteiger partial charge in [0, 0.05) is 31.7 Å². The number of rotatable bonds is 5. The van der Waals surface area contributed by atoms with Crippen molar-refractivity contribution in [1.82, 2.24) is 5.32 Å². The summed E-state index contributed by atoms with van der Waals surface area (Å²) in [6, 6.07) is 5.35. The molecule has 110 valence electrons. The van der Waals surface area contributed by atoms with Gasteiger partial charge >= 0.3 is 0 Å². The van der Waals surface area contributed by atoms with Gasteiger partial charge in [0.1, 0.15) is 0 Å². The van der Waals surface area contributed by atoms with Crippen LogP contribution in [0.2, 0.25) is 0 Å². The van der Waals surface area contributed by atoms with E-state index in [1.807, 2.05) is 6.92 Å². The standard InChI is InChI=1S/C15H21NO4/c1-11(6-9-18-2)16-15(17)12-4-5-13-14(10-12)20-8-3-7-19-13/h4-5,10-11H,3,6-9H2,1-2H3,(H,16,17)/t11-/m1/s1. The molecule has 1 N–H and O–H groups in total. The molecule has 0 unspecified atom stereocenters. The van der Waals surface area contributed by atoms with Gasteiger partial charge in [-0.1, -0.05) is 0 Å². The van der Waals surface area contributed by atoms with E-state index >= 15 is 0 Å². The minimum atomic E-state index is -0.107. The second-order valence-electron chi connectivity index (χ2n) is 4.87. The predicted octanol–water partition coefficient (Wildman–Crippen LogP) is 2.00. The van der Waals surface area contributed by atoms with Gasteiger partial charge in [0.2, 0.25) is 0 Å². The Morgan fingerprint density at radius 1 is 1.35 bits per heavy atom. The number of ether oxygens (including phenoxy) is 3. The molecule has 0 fully saturated rings. The van der Waals surface area contributed by atoms with E-state index in [-0.39, 0.29) is 11.9 Å². The second-order valence-corrected chi connectivity index (χ2v) is 4.87. The summed E-state index contributed by atoms with van der Waals surface area (Å²) >= 11 is 0. The minimum Gasteiger partial charge on any atom is -0.490 e. The van der Waals surface area contributed by atoms with Gasteiger partial charge in [-0.3, -0.25) is 4.79 Å². The summed E-state index contributed by atoms with van der Waals surface area (Å²) in [5, 5.41) is 2.94. The van der Waals surface area contributed by atoms with Gasteiger partial charge in [-0.05, 0) is 31.5 Å². The fourth-order valence-corrected chi connectivity index (χ4v) is 1.98. The monoisotopic (exact) mass is 279 g/mol. The first-order valence-electron chi connectivity index (χ1n) is 6.90. The maximum atomic E-state index is 12.1. The van der Waals surface area contributed by atoms with Gasteiger partial charge in [-0.25, -0.2) is 0 Å². The van der Waals surface area contributed by atoms with E-state index in [0.29, 0.717) is 36.9 Å². The molecule has 0 saturated carbocycles. The second kappa shape index (κ2) is 7.14. The molecule has 1 aliphatic rings. The third-order valence-corrected chi connectivity index (χ3v) is 3.14. The van der Waals surface area contributed by atoms with Gasteiger partial charge in [-0.2, -0.15) is 0 Å².